The number of hydrogen-bond donors (Lipinski definition) is 0. The number of carbonyl (C=O) groups excluding carboxylic acids is 1. The van der Waals surface area contributed by atoms with E-state index in [-0.39, 0.29) is 17.1 Å². The molecule has 0 bridgehead atoms. The molecule has 7 heteroatoms. The Bertz CT molecular complexity index is 569. The second kappa shape index (κ2) is 5.67. The summed E-state index contributed by atoms with van der Waals surface area (Å²) in [7, 11) is 1.17. The zero-order valence-electron chi connectivity index (χ0n) is 9.87. The first-order valence-corrected chi connectivity index (χ1v) is 7.50. The summed E-state index contributed by atoms with van der Waals surface area (Å²) < 4.78 is 40.8. The quantitative estimate of drug-likeness (QED) is 0.632. The fraction of sp³-hybridized carbons (Fsp3) is 0.364. The van der Waals surface area contributed by atoms with Crippen molar-refractivity contribution in [3.05, 3.63) is 29.1 Å². The topological polar surface area (TPSA) is 60.4 Å². The van der Waals surface area contributed by atoms with Crippen LogP contribution < -0.4 is 0 Å². The zero-order valence-corrected chi connectivity index (χ0v) is 11.4. The Morgan fingerprint density at radius 2 is 2.06 bits per heavy atom. The molecule has 0 saturated heterocycles. The molecule has 1 aromatic carbocycles. The Morgan fingerprint density at radius 3 is 2.56 bits per heavy atom. The molecule has 1 aromatic rings. The minimum absolute atomic E-state index is 0.134. The third kappa shape index (κ3) is 3.43. The fourth-order valence-corrected chi connectivity index (χ4v) is 2.55. The van der Waals surface area contributed by atoms with E-state index >= 15 is 0 Å². The Morgan fingerprint density at radius 1 is 1.44 bits per heavy atom. The van der Waals surface area contributed by atoms with E-state index in [0.717, 1.165) is 12.1 Å². The molecular formula is C11H12ClFO4S. The molecular weight excluding hydrogens is 283 g/mol. The normalized spacial score (nSPS) is 11.3. The standard InChI is InChI=1S/C11H12ClFO4S/c1-3-4-17-11(14)8-6-10(18(12,15)16)7(2)5-9(8)13/h5-6H,3-4H2,1-2H3. The molecule has 0 fully saturated rings. The van der Waals surface area contributed by atoms with E-state index in [1.807, 2.05) is 0 Å². The van der Waals surface area contributed by atoms with Crippen LogP contribution in [0.3, 0.4) is 0 Å². The van der Waals surface area contributed by atoms with Gasteiger partial charge in [-0.3, -0.25) is 0 Å². The molecule has 0 spiro atoms. The average molecular weight is 295 g/mol. The van der Waals surface area contributed by atoms with Crippen molar-refractivity contribution in [2.75, 3.05) is 6.61 Å². The summed E-state index contributed by atoms with van der Waals surface area (Å²) in [5, 5.41) is 0. The molecule has 0 radical (unpaired) electrons. The minimum Gasteiger partial charge on any atom is -0.462 e. The summed E-state index contributed by atoms with van der Waals surface area (Å²) in [6.07, 6.45) is 0.583. The first-order valence-electron chi connectivity index (χ1n) is 5.19. The van der Waals surface area contributed by atoms with Crippen LogP contribution >= 0.6 is 10.7 Å². The molecule has 0 N–H and O–H groups in total. The van der Waals surface area contributed by atoms with Crippen LogP contribution in [0.1, 0.15) is 29.3 Å². The molecule has 0 amide bonds. The van der Waals surface area contributed by atoms with Crippen molar-refractivity contribution in [3.8, 4) is 0 Å². The van der Waals surface area contributed by atoms with Crippen LogP contribution in [0, 0.1) is 12.7 Å². The predicted molar refractivity (Wildman–Crippen MR) is 64.7 cm³/mol. The third-order valence-electron chi connectivity index (χ3n) is 2.18. The molecule has 18 heavy (non-hydrogen) atoms. The largest absolute Gasteiger partial charge is 0.462 e. The van der Waals surface area contributed by atoms with Gasteiger partial charge in [-0.25, -0.2) is 17.6 Å². The van der Waals surface area contributed by atoms with Crippen LogP contribution in [0.2, 0.25) is 0 Å². The summed E-state index contributed by atoms with van der Waals surface area (Å²) in [6, 6.07) is 1.84. The second-order valence-electron chi connectivity index (χ2n) is 3.67. The Labute approximate surface area is 109 Å². The Kier molecular flexibility index (Phi) is 4.70. The summed E-state index contributed by atoms with van der Waals surface area (Å²) in [4.78, 5) is 11.2. The van der Waals surface area contributed by atoms with Crippen molar-refractivity contribution in [3.63, 3.8) is 0 Å². The number of carbonyl (C=O) groups is 1. The number of ether oxygens (including phenoxy) is 1. The SMILES string of the molecule is CCCOC(=O)c1cc(S(=O)(=O)Cl)c(C)cc1F. The lowest BCUT2D eigenvalue weighted by molar-refractivity contribution is 0.0499. The molecule has 0 unspecified atom stereocenters. The highest BCUT2D eigenvalue weighted by atomic mass is 35.7. The predicted octanol–water partition coefficient (Wildman–Crippen LogP) is 2.63. The van der Waals surface area contributed by atoms with E-state index in [4.69, 9.17) is 15.4 Å². The molecule has 4 nitrogen and oxygen atoms in total. The monoisotopic (exact) mass is 294 g/mol. The van der Waals surface area contributed by atoms with E-state index in [2.05, 4.69) is 0 Å². The molecule has 0 saturated carbocycles. The van der Waals surface area contributed by atoms with Crippen molar-refractivity contribution in [2.45, 2.75) is 25.2 Å². The molecule has 0 aliphatic rings. The fourth-order valence-electron chi connectivity index (χ4n) is 1.34. The second-order valence-corrected chi connectivity index (χ2v) is 6.21. The summed E-state index contributed by atoms with van der Waals surface area (Å²) in [5.74, 6) is -1.74. The van der Waals surface area contributed by atoms with E-state index in [9.17, 15) is 17.6 Å². The van der Waals surface area contributed by atoms with Gasteiger partial charge in [0.15, 0.2) is 0 Å². The average Bonchev–Trinajstić information content (AvgIpc) is 2.24. The van der Waals surface area contributed by atoms with Crippen LogP contribution in [0.5, 0.6) is 0 Å². The van der Waals surface area contributed by atoms with E-state index in [1.54, 1.807) is 6.92 Å². The number of hydrogen-bond acceptors (Lipinski definition) is 4. The molecule has 1 rings (SSSR count). The van der Waals surface area contributed by atoms with Crippen molar-refractivity contribution >= 4 is 25.7 Å². The summed E-state index contributed by atoms with van der Waals surface area (Å²) >= 11 is 0. The molecule has 100 valence electrons. The highest BCUT2D eigenvalue weighted by molar-refractivity contribution is 8.13. The van der Waals surface area contributed by atoms with Gasteiger partial charge in [-0.2, -0.15) is 0 Å². The lowest BCUT2D eigenvalue weighted by atomic mass is 10.1. The molecule has 0 aliphatic heterocycles. The maximum absolute atomic E-state index is 13.6. The summed E-state index contributed by atoms with van der Waals surface area (Å²) in [5.41, 5.74) is -0.303. The van der Waals surface area contributed by atoms with Gasteiger partial charge in [0.2, 0.25) is 0 Å². The first kappa shape index (κ1) is 14.9. The first-order chi connectivity index (χ1) is 8.27. The van der Waals surface area contributed by atoms with E-state index < -0.39 is 26.4 Å². The van der Waals surface area contributed by atoms with Gasteiger partial charge in [-0.15, -0.1) is 0 Å². The number of esters is 1. The van der Waals surface area contributed by atoms with Gasteiger partial charge in [0.25, 0.3) is 9.05 Å². The number of benzene rings is 1. The summed E-state index contributed by atoms with van der Waals surface area (Å²) in [6.45, 7) is 3.31. The highest BCUT2D eigenvalue weighted by Gasteiger charge is 2.21. The third-order valence-corrected chi connectivity index (χ3v) is 3.65. The number of aryl methyl sites for hydroxylation is 1. The van der Waals surface area contributed by atoms with Gasteiger partial charge in [-0.05, 0) is 31.0 Å². The molecule has 0 aromatic heterocycles. The zero-order chi connectivity index (χ0) is 13.9. The Balaban J connectivity index is 3.26. The molecule has 0 aliphatic carbocycles. The molecule has 0 heterocycles. The maximum atomic E-state index is 13.6. The number of rotatable bonds is 4. The van der Waals surface area contributed by atoms with Crippen LogP contribution in [-0.2, 0) is 13.8 Å². The van der Waals surface area contributed by atoms with Crippen molar-refractivity contribution in [1.29, 1.82) is 0 Å². The Hall–Kier alpha value is -1.14. The van der Waals surface area contributed by atoms with Crippen LogP contribution in [0.15, 0.2) is 17.0 Å². The minimum atomic E-state index is -4.03. The lowest BCUT2D eigenvalue weighted by Gasteiger charge is -2.08. The van der Waals surface area contributed by atoms with E-state index in [1.165, 1.54) is 6.92 Å². The van der Waals surface area contributed by atoms with Gasteiger partial charge in [0.1, 0.15) is 5.82 Å². The van der Waals surface area contributed by atoms with Gasteiger partial charge in [0.05, 0.1) is 17.1 Å². The smallest absolute Gasteiger partial charge is 0.341 e. The maximum Gasteiger partial charge on any atom is 0.341 e. The van der Waals surface area contributed by atoms with Gasteiger partial charge in [0, 0.05) is 10.7 Å². The van der Waals surface area contributed by atoms with Crippen molar-refractivity contribution < 1.29 is 22.3 Å². The van der Waals surface area contributed by atoms with Crippen molar-refractivity contribution in [2.24, 2.45) is 0 Å². The van der Waals surface area contributed by atoms with E-state index in [0.29, 0.717) is 6.42 Å². The van der Waals surface area contributed by atoms with Gasteiger partial charge >= 0.3 is 5.97 Å². The van der Waals surface area contributed by atoms with Gasteiger partial charge < -0.3 is 4.74 Å². The van der Waals surface area contributed by atoms with Gasteiger partial charge in [-0.1, -0.05) is 6.92 Å². The van der Waals surface area contributed by atoms with Crippen LogP contribution in [-0.4, -0.2) is 21.0 Å². The van der Waals surface area contributed by atoms with Crippen LogP contribution in [0.25, 0.3) is 0 Å². The molecule has 0 atom stereocenters. The highest BCUT2D eigenvalue weighted by Crippen LogP contribution is 2.23. The van der Waals surface area contributed by atoms with Crippen LogP contribution in [0.4, 0.5) is 4.39 Å². The number of halogens is 2. The lowest BCUT2D eigenvalue weighted by Crippen LogP contribution is -2.10. The van der Waals surface area contributed by atoms with Crippen molar-refractivity contribution in [1.82, 2.24) is 0 Å².